The summed E-state index contributed by atoms with van der Waals surface area (Å²) in [7, 11) is 1.40. The second-order valence-electron chi connectivity index (χ2n) is 6.89. The molecule has 4 rings (SSSR count). The number of nitrogen functional groups attached to an aromatic ring is 1. The number of para-hydroxylation sites is 1. The number of aromatic nitrogens is 5. The molecule has 0 spiro atoms. The SMILES string of the molecule is COc1cccc(C=NNC(=O)c2nnn(-c3nonc3N)c2C[NH+]2CCOCC2)c1[O-]. The van der Waals surface area contributed by atoms with E-state index in [0.29, 0.717) is 25.5 Å². The van der Waals surface area contributed by atoms with E-state index in [4.69, 9.17) is 15.2 Å². The number of nitrogens with one attached hydrogen (secondary N) is 2. The molecule has 0 saturated carbocycles. The minimum atomic E-state index is -0.611. The summed E-state index contributed by atoms with van der Waals surface area (Å²) in [4.78, 5) is 14.0. The lowest BCUT2D eigenvalue weighted by Crippen LogP contribution is -3.12. The summed E-state index contributed by atoms with van der Waals surface area (Å²) in [6, 6.07) is 4.75. The highest BCUT2D eigenvalue weighted by Gasteiger charge is 2.28. The molecule has 1 aliphatic rings. The fourth-order valence-corrected chi connectivity index (χ4v) is 3.23. The van der Waals surface area contributed by atoms with Crippen molar-refractivity contribution in [3.63, 3.8) is 0 Å². The number of carbonyl (C=O) groups is 1. The lowest BCUT2D eigenvalue weighted by Gasteiger charge is -2.23. The molecule has 3 aromatic rings. The van der Waals surface area contributed by atoms with Gasteiger partial charge in [-0.25, -0.2) is 10.1 Å². The van der Waals surface area contributed by atoms with Gasteiger partial charge in [-0.2, -0.15) is 9.78 Å². The van der Waals surface area contributed by atoms with Gasteiger partial charge >= 0.3 is 0 Å². The molecule has 1 amide bonds. The largest absolute Gasteiger partial charge is 0.870 e. The van der Waals surface area contributed by atoms with Crippen molar-refractivity contribution in [1.29, 1.82) is 0 Å². The number of methoxy groups -OCH3 is 1. The number of hydrogen-bond acceptors (Lipinski definition) is 11. The predicted molar refractivity (Wildman–Crippen MR) is 106 cm³/mol. The Balaban J connectivity index is 1.57. The number of morpholine rings is 1. The van der Waals surface area contributed by atoms with Gasteiger partial charge in [-0.05, 0) is 21.9 Å². The molecule has 0 atom stereocenters. The fourth-order valence-electron chi connectivity index (χ4n) is 3.23. The first-order valence-electron chi connectivity index (χ1n) is 9.70. The molecule has 1 aliphatic heterocycles. The summed E-state index contributed by atoms with van der Waals surface area (Å²) < 4.78 is 16.4. The monoisotopic (exact) mass is 443 g/mol. The van der Waals surface area contributed by atoms with E-state index in [1.54, 1.807) is 18.2 Å². The van der Waals surface area contributed by atoms with Crippen molar-refractivity contribution in [3.05, 3.63) is 35.2 Å². The number of ether oxygens (including phenoxy) is 2. The van der Waals surface area contributed by atoms with Gasteiger partial charge in [0, 0.05) is 0 Å². The number of nitrogens with two attached hydrogens (primary N) is 1. The van der Waals surface area contributed by atoms with Gasteiger partial charge in [0.1, 0.15) is 31.1 Å². The number of carbonyl (C=O) groups excluding carboxylic acids is 1. The Bertz CT molecular complexity index is 1120. The first kappa shape index (κ1) is 21.2. The number of amides is 1. The Labute approximate surface area is 181 Å². The van der Waals surface area contributed by atoms with Crippen molar-refractivity contribution < 1.29 is 28.9 Å². The Morgan fingerprint density at radius 3 is 2.94 bits per heavy atom. The molecule has 3 heterocycles. The van der Waals surface area contributed by atoms with Gasteiger partial charge in [0.05, 0.1) is 26.5 Å². The third kappa shape index (κ3) is 4.35. The van der Waals surface area contributed by atoms with E-state index in [1.807, 2.05) is 0 Å². The zero-order valence-electron chi connectivity index (χ0n) is 17.1. The molecule has 0 aliphatic carbocycles. The summed E-state index contributed by atoms with van der Waals surface area (Å²) in [6.07, 6.45) is 1.24. The van der Waals surface area contributed by atoms with Gasteiger partial charge in [-0.1, -0.05) is 23.1 Å². The van der Waals surface area contributed by atoms with E-state index in [0.717, 1.165) is 13.1 Å². The van der Waals surface area contributed by atoms with E-state index >= 15 is 0 Å². The Morgan fingerprint density at radius 1 is 1.41 bits per heavy atom. The van der Waals surface area contributed by atoms with E-state index in [9.17, 15) is 9.90 Å². The van der Waals surface area contributed by atoms with Crippen LogP contribution in [0.25, 0.3) is 5.82 Å². The number of nitrogens with zero attached hydrogens (tertiary/aromatic N) is 6. The topological polar surface area (TPSA) is 183 Å². The number of quaternary nitrogens is 1. The van der Waals surface area contributed by atoms with Gasteiger partial charge in [-0.3, -0.25) is 4.79 Å². The standard InChI is InChI=1S/C18H21N9O5/c1-30-13-4-2-3-11(15(13)28)9-20-22-18(29)14-12(10-26-5-7-31-8-6-26)27(25-21-14)17-16(19)23-32-24-17/h2-4,9,28H,5-8,10H2,1H3,(H2,19,23)(H,22,29). The second kappa shape index (κ2) is 9.40. The lowest BCUT2D eigenvalue weighted by atomic mass is 10.2. The first-order chi connectivity index (χ1) is 15.6. The molecule has 1 saturated heterocycles. The van der Waals surface area contributed by atoms with Crippen molar-refractivity contribution in [3.8, 4) is 17.3 Å². The van der Waals surface area contributed by atoms with Crippen LogP contribution in [0.2, 0.25) is 0 Å². The molecule has 14 heteroatoms. The number of anilines is 1. The first-order valence-corrected chi connectivity index (χ1v) is 9.70. The summed E-state index contributed by atoms with van der Waals surface area (Å²) in [5.41, 5.74) is 8.93. The van der Waals surface area contributed by atoms with Crippen molar-refractivity contribution in [2.24, 2.45) is 5.10 Å². The summed E-state index contributed by atoms with van der Waals surface area (Å²) in [5, 5.41) is 31.4. The van der Waals surface area contributed by atoms with E-state index < -0.39 is 5.91 Å². The van der Waals surface area contributed by atoms with Gasteiger partial charge in [0.15, 0.2) is 5.69 Å². The normalized spacial score (nSPS) is 14.7. The predicted octanol–water partition coefficient (Wildman–Crippen LogP) is -2.51. The zero-order valence-corrected chi connectivity index (χ0v) is 17.1. The third-order valence-corrected chi connectivity index (χ3v) is 4.89. The highest BCUT2D eigenvalue weighted by atomic mass is 16.6. The molecule has 168 valence electrons. The average Bonchev–Trinajstić information content (AvgIpc) is 3.41. The number of hydrogen-bond donors (Lipinski definition) is 3. The molecule has 0 bridgehead atoms. The Morgan fingerprint density at radius 2 is 2.22 bits per heavy atom. The van der Waals surface area contributed by atoms with Crippen LogP contribution in [0.5, 0.6) is 11.5 Å². The summed E-state index contributed by atoms with van der Waals surface area (Å²) >= 11 is 0. The fraction of sp³-hybridized carbons (Fsp3) is 0.333. The van der Waals surface area contributed by atoms with Gasteiger partial charge in [0.2, 0.25) is 11.6 Å². The van der Waals surface area contributed by atoms with Crippen molar-refractivity contribution in [2.75, 3.05) is 39.1 Å². The highest BCUT2D eigenvalue weighted by Crippen LogP contribution is 2.25. The lowest BCUT2D eigenvalue weighted by molar-refractivity contribution is -0.921. The molecule has 0 radical (unpaired) electrons. The van der Waals surface area contributed by atoms with Crippen LogP contribution in [-0.2, 0) is 11.3 Å². The van der Waals surface area contributed by atoms with Crippen LogP contribution >= 0.6 is 0 Å². The Kier molecular flexibility index (Phi) is 6.23. The van der Waals surface area contributed by atoms with Crippen LogP contribution in [-0.4, -0.2) is 70.8 Å². The quantitative estimate of drug-likeness (QED) is 0.260. The molecule has 1 aromatic carbocycles. The zero-order chi connectivity index (χ0) is 22.5. The average molecular weight is 443 g/mol. The number of benzene rings is 1. The maximum absolute atomic E-state index is 12.8. The summed E-state index contributed by atoms with van der Waals surface area (Å²) in [5.74, 6) is -0.628. The molecular weight excluding hydrogens is 422 g/mol. The van der Waals surface area contributed by atoms with Crippen molar-refractivity contribution in [1.82, 2.24) is 30.7 Å². The number of hydrazone groups is 1. The van der Waals surface area contributed by atoms with Crippen LogP contribution in [0, 0.1) is 0 Å². The maximum Gasteiger partial charge on any atom is 0.294 e. The van der Waals surface area contributed by atoms with Crippen LogP contribution in [0.3, 0.4) is 0 Å². The van der Waals surface area contributed by atoms with Crippen LogP contribution in [0.15, 0.2) is 27.9 Å². The third-order valence-electron chi connectivity index (χ3n) is 4.89. The van der Waals surface area contributed by atoms with Gasteiger partial charge in [-0.15, -0.1) is 5.10 Å². The molecule has 4 N–H and O–H groups in total. The smallest absolute Gasteiger partial charge is 0.294 e. The van der Waals surface area contributed by atoms with E-state index in [1.165, 1.54) is 22.9 Å². The van der Waals surface area contributed by atoms with Crippen molar-refractivity contribution in [2.45, 2.75) is 6.54 Å². The Hall–Kier alpha value is -4.04. The van der Waals surface area contributed by atoms with Gasteiger partial charge < -0.3 is 25.2 Å². The van der Waals surface area contributed by atoms with Gasteiger partial charge in [0.25, 0.3) is 5.91 Å². The number of rotatable bonds is 7. The molecule has 14 nitrogen and oxygen atoms in total. The minimum Gasteiger partial charge on any atom is -0.870 e. The summed E-state index contributed by atoms with van der Waals surface area (Å²) in [6.45, 7) is 3.12. The van der Waals surface area contributed by atoms with Crippen LogP contribution < -0.4 is 25.9 Å². The van der Waals surface area contributed by atoms with Crippen LogP contribution in [0.1, 0.15) is 21.7 Å². The molecular formula is C18H21N9O5. The molecule has 1 fully saturated rings. The highest BCUT2D eigenvalue weighted by molar-refractivity contribution is 5.94. The maximum atomic E-state index is 12.8. The molecule has 32 heavy (non-hydrogen) atoms. The molecule has 0 unspecified atom stereocenters. The van der Waals surface area contributed by atoms with Crippen molar-refractivity contribution >= 4 is 17.9 Å². The minimum absolute atomic E-state index is 0.0131. The van der Waals surface area contributed by atoms with E-state index in [-0.39, 0.29) is 34.4 Å². The molecule has 2 aromatic heterocycles. The van der Waals surface area contributed by atoms with E-state index in [2.05, 4.69) is 35.8 Å². The van der Waals surface area contributed by atoms with Crippen LogP contribution in [0.4, 0.5) is 5.82 Å². The second-order valence-corrected chi connectivity index (χ2v) is 6.89.